The van der Waals surface area contributed by atoms with Crippen molar-refractivity contribution in [3.8, 4) is 0 Å². The Kier molecular flexibility index (Phi) is 4.85. The van der Waals surface area contributed by atoms with Crippen molar-refractivity contribution in [1.29, 1.82) is 0 Å². The molecule has 2 N–H and O–H groups in total. The van der Waals surface area contributed by atoms with Gasteiger partial charge in [-0.1, -0.05) is 6.07 Å². The number of carboxylic acid groups (broad SMARTS) is 1. The highest BCUT2D eigenvalue weighted by Crippen LogP contribution is 2.18. The van der Waals surface area contributed by atoms with Crippen LogP contribution in [0.25, 0.3) is 0 Å². The third-order valence-corrected chi connectivity index (χ3v) is 4.26. The number of likely N-dealkylation sites (N-methyl/N-ethyl adjacent to an activating group) is 1. The Balaban J connectivity index is 3.08. The Bertz CT molecular complexity index is 637. The zero-order valence-corrected chi connectivity index (χ0v) is 12.2. The molecule has 0 bridgehead atoms. The summed E-state index contributed by atoms with van der Waals surface area (Å²) in [6.07, 6.45) is 0. The minimum atomic E-state index is -3.94. The van der Waals surface area contributed by atoms with Gasteiger partial charge in [-0.05, 0) is 24.6 Å². The fourth-order valence-corrected chi connectivity index (χ4v) is 2.77. The molecule has 0 unspecified atom stereocenters. The fourth-order valence-electron chi connectivity index (χ4n) is 1.53. The smallest absolute Gasteiger partial charge is 0.335 e. The number of hydrogen-bond donors (Lipinski definition) is 2. The van der Waals surface area contributed by atoms with Gasteiger partial charge in [0, 0.05) is 14.1 Å². The van der Waals surface area contributed by atoms with Crippen LogP contribution in [0.4, 0.5) is 0 Å². The quantitative estimate of drug-likeness (QED) is 0.800. The van der Waals surface area contributed by atoms with Gasteiger partial charge in [0.15, 0.2) is 0 Å². The molecule has 0 fully saturated rings. The summed E-state index contributed by atoms with van der Waals surface area (Å²) < 4.78 is 26.3. The molecule has 0 heterocycles. The number of aromatic carboxylic acids is 1. The van der Waals surface area contributed by atoms with E-state index in [1.54, 1.807) is 0 Å². The van der Waals surface area contributed by atoms with E-state index in [1.807, 2.05) is 0 Å². The van der Waals surface area contributed by atoms with Crippen LogP contribution in [0.2, 0.25) is 0 Å². The first kappa shape index (κ1) is 16.1. The number of benzene rings is 1. The highest BCUT2D eigenvalue weighted by atomic mass is 32.2. The summed E-state index contributed by atoms with van der Waals surface area (Å²) in [5, 5.41) is 8.97. The number of carbonyl (C=O) groups is 2. The van der Waals surface area contributed by atoms with Crippen molar-refractivity contribution in [1.82, 2.24) is 9.62 Å². The van der Waals surface area contributed by atoms with Crippen LogP contribution in [0, 0.1) is 6.92 Å². The summed E-state index contributed by atoms with van der Waals surface area (Å²) in [4.78, 5) is 23.5. The van der Waals surface area contributed by atoms with Crippen LogP contribution in [-0.2, 0) is 14.8 Å². The van der Waals surface area contributed by atoms with E-state index >= 15 is 0 Å². The molecule has 8 heteroatoms. The molecular formula is C12H16N2O5S. The van der Waals surface area contributed by atoms with Crippen molar-refractivity contribution in [3.63, 3.8) is 0 Å². The molecule has 0 saturated carbocycles. The minimum Gasteiger partial charge on any atom is -0.478 e. The van der Waals surface area contributed by atoms with Gasteiger partial charge in [-0.2, -0.15) is 0 Å². The third-order valence-electron chi connectivity index (χ3n) is 2.72. The summed E-state index contributed by atoms with van der Waals surface area (Å²) in [6, 6.07) is 3.96. The van der Waals surface area contributed by atoms with Crippen LogP contribution in [0.3, 0.4) is 0 Å². The monoisotopic (exact) mass is 300 g/mol. The Morgan fingerprint density at radius 3 is 2.40 bits per heavy atom. The molecule has 1 aromatic carbocycles. The Morgan fingerprint density at radius 1 is 1.30 bits per heavy atom. The molecule has 0 aliphatic rings. The molecule has 0 aliphatic carbocycles. The molecule has 0 aromatic heterocycles. The van der Waals surface area contributed by atoms with Crippen LogP contribution < -0.4 is 4.72 Å². The highest BCUT2D eigenvalue weighted by Gasteiger charge is 2.21. The van der Waals surface area contributed by atoms with E-state index in [1.165, 1.54) is 44.1 Å². The van der Waals surface area contributed by atoms with Crippen LogP contribution in [0.1, 0.15) is 15.9 Å². The molecule has 0 saturated heterocycles. The number of amides is 1. The molecule has 1 aromatic rings. The van der Waals surface area contributed by atoms with E-state index in [0.717, 1.165) is 0 Å². The molecule has 1 amide bonds. The molecule has 0 aliphatic heterocycles. The van der Waals surface area contributed by atoms with Crippen molar-refractivity contribution in [3.05, 3.63) is 29.3 Å². The van der Waals surface area contributed by atoms with Crippen molar-refractivity contribution in [2.24, 2.45) is 0 Å². The van der Waals surface area contributed by atoms with E-state index in [4.69, 9.17) is 5.11 Å². The summed E-state index contributed by atoms with van der Waals surface area (Å²) in [7, 11) is -0.923. The summed E-state index contributed by atoms with van der Waals surface area (Å²) in [5.41, 5.74) is 0.0385. The molecule has 20 heavy (non-hydrogen) atoms. The lowest BCUT2D eigenvalue weighted by molar-refractivity contribution is -0.127. The van der Waals surface area contributed by atoms with Gasteiger partial charge in [-0.15, -0.1) is 0 Å². The zero-order chi connectivity index (χ0) is 15.5. The molecule has 0 spiro atoms. The average molecular weight is 300 g/mol. The van der Waals surface area contributed by atoms with Gasteiger partial charge in [0.1, 0.15) is 0 Å². The van der Waals surface area contributed by atoms with Crippen LogP contribution in [0.15, 0.2) is 23.1 Å². The molecule has 1 rings (SSSR count). The van der Waals surface area contributed by atoms with Crippen molar-refractivity contribution >= 4 is 21.9 Å². The van der Waals surface area contributed by atoms with Crippen LogP contribution >= 0.6 is 0 Å². The number of nitrogens with zero attached hydrogens (tertiary/aromatic N) is 1. The van der Waals surface area contributed by atoms with E-state index in [9.17, 15) is 18.0 Å². The predicted molar refractivity (Wildman–Crippen MR) is 72.0 cm³/mol. The number of nitrogens with one attached hydrogen (secondary N) is 1. The summed E-state index contributed by atoms with van der Waals surface area (Å²) >= 11 is 0. The van der Waals surface area contributed by atoms with Gasteiger partial charge in [-0.25, -0.2) is 17.9 Å². The van der Waals surface area contributed by atoms with Crippen molar-refractivity contribution < 1.29 is 23.1 Å². The lowest BCUT2D eigenvalue weighted by atomic mass is 10.1. The van der Waals surface area contributed by atoms with E-state index in [0.29, 0.717) is 0 Å². The van der Waals surface area contributed by atoms with Gasteiger partial charge in [0.05, 0.1) is 17.0 Å². The fraction of sp³-hybridized carbons (Fsp3) is 0.333. The Morgan fingerprint density at radius 2 is 1.90 bits per heavy atom. The largest absolute Gasteiger partial charge is 0.478 e. The molecular weight excluding hydrogens is 284 g/mol. The van der Waals surface area contributed by atoms with Gasteiger partial charge < -0.3 is 10.0 Å². The Labute approximate surface area is 117 Å². The topological polar surface area (TPSA) is 104 Å². The van der Waals surface area contributed by atoms with Gasteiger partial charge >= 0.3 is 5.97 Å². The van der Waals surface area contributed by atoms with Gasteiger partial charge in [0.2, 0.25) is 15.9 Å². The van der Waals surface area contributed by atoms with E-state index in [-0.39, 0.29) is 22.6 Å². The van der Waals surface area contributed by atoms with Crippen LogP contribution in [-0.4, -0.2) is 50.9 Å². The lowest BCUT2D eigenvalue weighted by Crippen LogP contribution is -2.36. The van der Waals surface area contributed by atoms with E-state index in [2.05, 4.69) is 4.72 Å². The maximum Gasteiger partial charge on any atom is 0.335 e. The first-order valence-corrected chi connectivity index (χ1v) is 7.18. The molecule has 0 atom stereocenters. The maximum atomic E-state index is 12.1. The molecule has 110 valence electrons. The normalized spacial score (nSPS) is 11.2. The number of sulfonamides is 1. The summed E-state index contributed by atoms with van der Waals surface area (Å²) in [5.74, 6) is -1.61. The highest BCUT2D eigenvalue weighted by molar-refractivity contribution is 7.89. The summed E-state index contributed by atoms with van der Waals surface area (Å²) in [6.45, 7) is 1.03. The zero-order valence-electron chi connectivity index (χ0n) is 11.4. The SMILES string of the molecule is Cc1c(C(=O)O)cccc1S(=O)(=O)NCC(=O)N(C)C. The van der Waals surface area contributed by atoms with Gasteiger partial charge in [-0.3, -0.25) is 4.79 Å². The second kappa shape index (κ2) is 6.02. The van der Waals surface area contributed by atoms with Crippen molar-refractivity contribution in [2.75, 3.05) is 20.6 Å². The number of hydrogen-bond acceptors (Lipinski definition) is 4. The average Bonchev–Trinajstić information content (AvgIpc) is 2.35. The van der Waals surface area contributed by atoms with E-state index < -0.39 is 21.9 Å². The second-order valence-corrected chi connectivity index (χ2v) is 6.08. The second-order valence-electron chi connectivity index (χ2n) is 4.35. The first-order valence-electron chi connectivity index (χ1n) is 5.69. The lowest BCUT2D eigenvalue weighted by Gasteiger charge is -2.13. The third kappa shape index (κ3) is 3.55. The van der Waals surface area contributed by atoms with Gasteiger partial charge in [0.25, 0.3) is 0 Å². The maximum absolute atomic E-state index is 12.1. The predicted octanol–water partition coefficient (Wildman–Crippen LogP) is 0.0597. The molecule has 7 nitrogen and oxygen atoms in total. The number of carboxylic acids is 1. The minimum absolute atomic E-state index is 0.0909. The first-order chi connectivity index (χ1) is 9.16. The van der Waals surface area contributed by atoms with Crippen LogP contribution in [0.5, 0.6) is 0 Å². The molecule has 0 radical (unpaired) electrons. The standard InChI is InChI=1S/C12H16N2O5S/c1-8-9(12(16)17)5-4-6-10(8)20(18,19)13-7-11(15)14(2)3/h4-6,13H,7H2,1-3H3,(H,16,17). The van der Waals surface area contributed by atoms with Crippen molar-refractivity contribution in [2.45, 2.75) is 11.8 Å². The number of carbonyl (C=O) groups excluding carboxylic acids is 1. The number of rotatable bonds is 5. The Hall–Kier alpha value is -1.93.